The van der Waals surface area contributed by atoms with E-state index in [1.807, 2.05) is 18.2 Å². The van der Waals surface area contributed by atoms with Crippen molar-refractivity contribution in [3.63, 3.8) is 0 Å². The molecule has 2 aromatic carbocycles. The number of aryl methyl sites for hydroxylation is 3. The summed E-state index contributed by atoms with van der Waals surface area (Å²) in [5.41, 5.74) is 6.43. The van der Waals surface area contributed by atoms with Gasteiger partial charge in [-0.15, -0.1) is 34.4 Å². The van der Waals surface area contributed by atoms with E-state index in [2.05, 4.69) is 39.0 Å². The van der Waals surface area contributed by atoms with Gasteiger partial charge in [0.05, 0.1) is 25.5 Å². The fraction of sp³-hybridized carbons (Fsp3) is 0.280. The third-order valence-electron chi connectivity index (χ3n) is 4.59. The number of benzene rings is 2. The van der Waals surface area contributed by atoms with E-state index in [0.29, 0.717) is 11.5 Å². The molecule has 1 radical (unpaired) electrons. The largest absolute Gasteiger partial charge is 0.512 e. The van der Waals surface area contributed by atoms with E-state index < -0.39 is 0 Å². The van der Waals surface area contributed by atoms with E-state index in [1.165, 1.54) is 31.1 Å². The van der Waals surface area contributed by atoms with Crippen LogP contribution in [0, 0.1) is 26.8 Å². The van der Waals surface area contributed by atoms with Crippen LogP contribution in [0.1, 0.15) is 30.5 Å². The zero-order valence-electron chi connectivity index (χ0n) is 18.9. The first-order valence-corrected chi connectivity index (χ1v) is 9.57. The Kier molecular flexibility index (Phi) is 9.89. The van der Waals surface area contributed by atoms with E-state index in [1.54, 1.807) is 14.2 Å². The van der Waals surface area contributed by atoms with Crippen LogP contribution in [0.25, 0.3) is 22.2 Å². The second-order valence-electron chi connectivity index (χ2n) is 7.13. The van der Waals surface area contributed by atoms with Crippen molar-refractivity contribution >= 4 is 16.7 Å². The van der Waals surface area contributed by atoms with Crippen LogP contribution >= 0.6 is 0 Å². The average Bonchev–Trinajstić information content (AvgIpc) is 2.68. The van der Waals surface area contributed by atoms with E-state index in [0.717, 1.165) is 27.7 Å². The van der Waals surface area contributed by atoms with Crippen molar-refractivity contribution < 1.29 is 39.5 Å². The molecule has 1 N–H and O–H groups in total. The van der Waals surface area contributed by atoms with Crippen molar-refractivity contribution in [1.82, 2.24) is 4.98 Å². The standard InChI is InChI=1S/C20H20NO2.C5H8O2.Ir/c1-12-8-14(3)16(9-13(12)2)17-7-6-15-10-19(22-4)20(23-5)11-18(15)21-17;1-4(6)3-5(2)7;/h6-8,10-11H,1-5H3;3,6H,1-2H3;/q-1;;/b;4-3-;. The Bertz CT molecular complexity index is 1100. The number of nitrogens with zero attached hydrogens (tertiary/aromatic N) is 1. The van der Waals surface area contributed by atoms with Crippen LogP contribution in [0.2, 0.25) is 0 Å². The van der Waals surface area contributed by atoms with Crippen LogP contribution < -0.4 is 9.47 Å². The topological polar surface area (TPSA) is 68.7 Å². The van der Waals surface area contributed by atoms with Crippen molar-refractivity contribution in [2.24, 2.45) is 0 Å². The Balaban J connectivity index is 0.000000523. The number of aliphatic hydroxyl groups is 1. The predicted octanol–water partition coefficient (Wildman–Crippen LogP) is 5.68. The molecule has 0 aliphatic heterocycles. The van der Waals surface area contributed by atoms with E-state index in [4.69, 9.17) is 19.6 Å². The minimum Gasteiger partial charge on any atom is -0.512 e. The number of rotatable bonds is 4. The van der Waals surface area contributed by atoms with Crippen molar-refractivity contribution in [3.05, 3.63) is 64.9 Å². The molecular weight excluding hydrogens is 570 g/mol. The van der Waals surface area contributed by atoms with Gasteiger partial charge in [0.15, 0.2) is 17.3 Å². The van der Waals surface area contributed by atoms with Crippen molar-refractivity contribution in [3.8, 4) is 22.8 Å². The average molecular weight is 599 g/mol. The molecule has 0 aliphatic carbocycles. The van der Waals surface area contributed by atoms with E-state index in [9.17, 15) is 4.79 Å². The molecule has 0 fully saturated rings. The number of ether oxygens (including phenoxy) is 2. The maximum atomic E-state index is 10.0. The van der Waals surface area contributed by atoms with Gasteiger partial charge in [-0.05, 0) is 25.6 Å². The van der Waals surface area contributed by atoms with Crippen LogP contribution in [-0.2, 0) is 24.9 Å². The van der Waals surface area contributed by atoms with Crippen LogP contribution in [-0.4, -0.2) is 30.1 Å². The molecule has 0 saturated carbocycles. The van der Waals surface area contributed by atoms with Gasteiger partial charge >= 0.3 is 0 Å². The van der Waals surface area contributed by atoms with Crippen LogP contribution in [0.15, 0.2) is 42.2 Å². The molecule has 0 spiro atoms. The summed E-state index contributed by atoms with van der Waals surface area (Å²) >= 11 is 0. The molecule has 0 saturated heterocycles. The zero-order valence-corrected chi connectivity index (χ0v) is 21.3. The summed E-state index contributed by atoms with van der Waals surface area (Å²) < 4.78 is 10.7. The van der Waals surface area contributed by atoms with Crippen molar-refractivity contribution in [2.75, 3.05) is 14.2 Å². The molecule has 6 heteroatoms. The first kappa shape index (κ1) is 26.3. The summed E-state index contributed by atoms with van der Waals surface area (Å²) in [5.74, 6) is 1.33. The second-order valence-corrected chi connectivity index (χ2v) is 7.13. The van der Waals surface area contributed by atoms with Gasteiger partial charge in [-0.25, -0.2) is 0 Å². The minimum absolute atomic E-state index is 0. The quantitative estimate of drug-likeness (QED) is 0.238. The summed E-state index contributed by atoms with van der Waals surface area (Å²) in [5, 5.41) is 9.38. The Hall–Kier alpha value is -2.69. The molecule has 0 unspecified atom stereocenters. The smallest absolute Gasteiger partial charge is 0.162 e. The fourth-order valence-corrected chi connectivity index (χ4v) is 3.04. The Morgan fingerprint density at radius 1 is 1.00 bits per heavy atom. The van der Waals surface area contributed by atoms with Crippen LogP contribution in [0.3, 0.4) is 0 Å². The molecule has 0 atom stereocenters. The van der Waals surface area contributed by atoms with Crippen LogP contribution in [0.4, 0.5) is 0 Å². The predicted molar refractivity (Wildman–Crippen MR) is 120 cm³/mol. The molecule has 1 heterocycles. The first-order valence-electron chi connectivity index (χ1n) is 9.57. The first-order chi connectivity index (χ1) is 14.2. The van der Waals surface area contributed by atoms with Gasteiger partial charge in [0, 0.05) is 37.6 Å². The molecule has 1 aromatic heterocycles. The van der Waals surface area contributed by atoms with Gasteiger partial charge < -0.3 is 14.6 Å². The van der Waals surface area contributed by atoms with Gasteiger partial charge in [0.1, 0.15) is 0 Å². The maximum Gasteiger partial charge on any atom is 0.162 e. The number of methoxy groups -OCH3 is 2. The van der Waals surface area contributed by atoms with Gasteiger partial charge in [0.25, 0.3) is 0 Å². The third kappa shape index (κ3) is 6.91. The van der Waals surface area contributed by atoms with Gasteiger partial charge in [0.2, 0.25) is 0 Å². The SMILES string of the molecule is CC(=O)/C=C(/C)O.COc1cc2ccc(-c3[c-]c(C)c(C)cc3C)nc2cc1OC.[Ir]. The van der Waals surface area contributed by atoms with Crippen molar-refractivity contribution in [2.45, 2.75) is 34.6 Å². The Labute approximate surface area is 197 Å². The molecule has 167 valence electrons. The molecular formula is C25H28IrNO4-. The monoisotopic (exact) mass is 599 g/mol. The summed E-state index contributed by atoms with van der Waals surface area (Å²) in [4.78, 5) is 14.8. The number of carbonyl (C=O) groups excluding carboxylic acids is 1. The van der Waals surface area contributed by atoms with Gasteiger partial charge in [-0.2, -0.15) is 0 Å². The number of hydrogen-bond donors (Lipinski definition) is 1. The number of allylic oxidation sites excluding steroid dienone is 2. The minimum atomic E-state index is -0.125. The molecule has 3 rings (SSSR count). The second kappa shape index (κ2) is 11.6. The third-order valence-corrected chi connectivity index (χ3v) is 4.59. The molecule has 3 aromatic rings. The summed E-state index contributed by atoms with van der Waals surface area (Å²) in [6, 6.07) is 13.6. The number of aliphatic hydroxyl groups excluding tert-OH is 1. The molecule has 31 heavy (non-hydrogen) atoms. The number of ketones is 1. The zero-order chi connectivity index (χ0) is 22.4. The Morgan fingerprint density at radius 2 is 1.61 bits per heavy atom. The number of pyridine rings is 1. The van der Waals surface area contributed by atoms with Crippen LogP contribution in [0.5, 0.6) is 11.5 Å². The number of carbonyl (C=O) groups is 1. The molecule has 0 amide bonds. The van der Waals surface area contributed by atoms with E-state index >= 15 is 0 Å². The van der Waals surface area contributed by atoms with E-state index in [-0.39, 0.29) is 31.6 Å². The maximum absolute atomic E-state index is 10.0. The molecule has 5 nitrogen and oxygen atoms in total. The van der Waals surface area contributed by atoms with Gasteiger partial charge in [-0.3, -0.25) is 9.78 Å². The summed E-state index contributed by atoms with van der Waals surface area (Å²) in [6.07, 6.45) is 1.17. The molecule has 0 bridgehead atoms. The molecule has 0 aliphatic rings. The fourth-order valence-electron chi connectivity index (χ4n) is 3.04. The Morgan fingerprint density at radius 3 is 2.13 bits per heavy atom. The number of aromatic nitrogens is 1. The summed E-state index contributed by atoms with van der Waals surface area (Å²) in [7, 11) is 3.27. The normalized spacial score (nSPS) is 10.6. The van der Waals surface area contributed by atoms with Crippen molar-refractivity contribution in [1.29, 1.82) is 0 Å². The number of hydrogen-bond acceptors (Lipinski definition) is 5. The van der Waals surface area contributed by atoms with Gasteiger partial charge in [-0.1, -0.05) is 32.9 Å². The number of fused-ring (bicyclic) bond motifs is 1. The summed E-state index contributed by atoms with van der Waals surface area (Å²) in [6.45, 7) is 9.13.